The summed E-state index contributed by atoms with van der Waals surface area (Å²) in [7, 11) is 0. The highest BCUT2D eigenvalue weighted by Gasteiger charge is 2.39. The van der Waals surface area contributed by atoms with Gasteiger partial charge in [-0.3, -0.25) is 0 Å². The number of fused-ring (bicyclic) bond motifs is 1. The van der Waals surface area contributed by atoms with Gasteiger partial charge in [-0.15, -0.1) is 0 Å². The Balaban J connectivity index is 1.79. The molecule has 1 saturated heterocycles. The first-order valence-corrected chi connectivity index (χ1v) is 5.15. The summed E-state index contributed by atoms with van der Waals surface area (Å²) in [6, 6.07) is 0. The highest BCUT2D eigenvalue weighted by Crippen LogP contribution is 2.41. The third-order valence-corrected chi connectivity index (χ3v) is 3.47. The molecule has 1 aromatic rings. The van der Waals surface area contributed by atoms with Crippen molar-refractivity contribution in [3.05, 3.63) is 12.4 Å². The first-order valence-electron chi connectivity index (χ1n) is 5.15. The van der Waals surface area contributed by atoms with Gasteiger partial charge in [0, 0.05) is 13.1 Å². The summed E-state index contributed by atoms with van der Waals surface area (Å²) in [5, 5.41) is 0. The fraction of sp³-hybridized carbons (Fsp3) is 0.600. The molecule has 1 saturated carbocycles. The second-order valence-electron chi connectivity index (χ2n) is 4.30. The monoisotopic (exact) mass is 190 g/mol. The molecule has 2 unspecified atom stereocenters. The van der Waals surface area contributed by atoms with Crippen LogP contribution in [0.15, 0.2) is 12.4 Å². The van der Waals surface area contributed by atoms with Crippen LogP contribution in [0.25, 0.3) is 0 Å². The van der Waals surface area contributed by atoms with Gasteiger partial charge in [0.25, 0.3) is 0 Å². The van der Waals surface area contributed by atoms with Crippen LogP contribution < -0.4 is 10.6 Å². The number of aromatic nitrogens is 2. The van der Waals surface area contributed by atoms with Crippen LogP contribution in [0.4, 0.5) is 11.6 Å². The standard InChI is InChI=1S/C10H14N4/c11-9-3-13-10(4-12-9)14-5-7-1-2-8(7)6-14/h3-4,7-8H,1-2,5-6H2,(H2,11,12). The zero-order valence-electron chi connectivity index (χ0n) is 8.06. The lowest BCUT2D eigenvalue weighted by atomic mass is 9.77. The number of hydrogen-bond donors (Lipinski definition) is 1. The molecule has 1 aliphatic heterocycles. The van der Waals surface area contributed by atoms with Crippen molar-refractivity contribution in [2.75, 3.05) is 23.7 Å². The molecule has 2 aliphatic rings. The average Bonchev–Trinajstić information content (AvgIpc) is 2.45. The van der Waals surface area contributed by atoms with Crippen molar-refractivity contribution in [3.8, 4) is 0 Å². The molecule has 4 nitrogen and oxygen atoms in total. The lowest BCUT2D eigenvalue weighted by molar-refractivity contribution is 0.243. The van der Waals surface area contributed by atoms with Crippen LogP contribution in [0.2, 0.25) is 0 Å². The quantitative estimate of drug-likeness (QED) is 0.715. The maximum absolute atomic E-state index is 5.50. The minimum absolute atomic E-state index is 0.496. The third kappa shape index (κ3) is 1.14. The molecule has 2 N–H and O–H groups in total. The molecule has 2 fully saturated rings. The van der Waals surface area contributed by atoms with Crippen LogP contribution in [-0.4, -0.2) is 23.1 Å². The van der Waals surface area contributed by atoms with Gasteiger partial charge in [-0.05, 0) is 24.7 Å². The minimum atomic E-state index is 0.496. The largest absolute Gasteiger partial charge is 0.382 e. The van der Waals surface area contributed by atoms with E-state index in [9.17, 15) is 0 Å². The summed E-state index contributed by atoms with van der Waals surface area (Å²) in [5.41, 5.74) is 5.50. The van der Waals surface area contributed by atoms with E-state index in [2.05, 4.69) is 14.9 Å². The fourth-order valence-electron chi connectivity index (χ4n) is 2.44. The van der Waals surface area contributed by atoms with Crippen LogP contribution in [0, 0.1) is 11.8 Å². The number of nitrogens with zero attached hydrogens (tertiary/aromatic N) is 3. The van der Waals surface area contributed by atoms with Crippen molar-refractivity contribution in [2.24, 2.45) is 11.8 Å². The summed E-state index contributed by atoms with van der Waals surface area (Å²) in [4.78, 5) is 10.7. The summed E-state index contributed by atoms with van der Waals surface area (Å²) in [5.74, 6) is 3.30. The van der Waals surface area contributed by atoms with Gasteiger partial charge in [0.1, 0.15) is 11.6 Å². The van der Waals surface area contributed by atoms with E-state index >= 15 is 0 Å². The fourth-order valence-corrected chi connectivity index (χ4v) is 2.44. The molecule has 1 aliphatic carbocycles. The second-order valence-corrected chi connectivity index (χ2v) is 4.30. The van der Waals surface area contributed by atoms with Gasteiger partial charge in [0.05, 0.1) is 12.4 Å². The molecule has 0 bridgehead atoms. The van der Waals surface area contributed by atoms with Gasteiger partial charge in [-0.2, -0.15) is 0 Å². The number of nitrogen functional groups attached to an aromatic ring is 1. The van der Waals surface area contributed by atoms with Crippen molar-refractivity contribution in [3.63, 3.8) is 0 Å². The Bertz CT molecular complexity index is 322. The van der Waals surface area contributed by atoms with E-state index in [1.54, 1.807) is 12.4 Å². The molecule has 3 rings (SSSR count). The molecule has 1 aromatic heterocycles. The van der Waals surface area contributed by atoms with Crippen molar-refractivity contribution in [1.82, 2.24) is 9.97 Å². The summed E-state index contributed by atoms with van der Waals surface area (Å²) in [6.45, 7) is 2.31. The van der Waals surface area contributed by atoms with Crippen LogP contribution in [0.5, 0.6) is 0 Å². The number of anilines is 2. The second kappa shape index (κ2) is 2.83. The van der Waals surface area contributed by atoms with Crippen LogP contribution in [-0.2, 0) is 0 Å². The Morgan fingerprint density at radius 1 is 1.14 bits per heavy atom. The molecule has 2 atom stereocenters. The first-order chi connectivity index (χ1) is 6.83. The highest BCUT2D eigenvalue weighted by atomic mass is 15.2. The molecule has 74 valence electrons. The zero-order chi connectivity index (χ0) is 9.54. The van der Waals surface area contributed by atoms with Gasteiger partial charge in [-0.25, -0.2) is 9.97 Å². The number of nitrogens with two attached hydrogens (primary N) is 1. The predicted molar refractivity (Wildman–Crippen MR) is 54.9 cm³/mol. The molecular formula is C10H14N4. The van der Waals surface area contributed by atoms with Crippen molar-refractivity contribution in [2.45, 2.75) is 12.8 Å². The van der Waals surface area contributed by atoms with E-state index in [-0.39, 0.29) is 0 Å². The zero-order valence-corrected chi connectivity index (χ0v) is 8.06. The van der Waals surface area contributed by atoms with E-state index < -0.39 is 0 Å². The molecule has 14 heavy (non-hydrogen) atoms. The van der Waals surface area contributed by atoms with Crippen molar-refractivity contribution >= 4 is 11.6 Å². The molecule has 0 radical (unpaired) electrons. The molecular weight excluding hydrogens is 176 g/mol. The van der Waals surface area contributed by atoms with Crippen LogP contribution >= 0.6 is 0 Å². The Morgan fingerprint density at radius 2 is 1.86 bits per heavy atom. The Labute approximate surface area is 83.1 Å². The topological polar surface area (TPSA) is 55.0 Å². The van der Waals surface area contributed by atoms with Gasteiger partial charge in [-0.1, -0.05) is 0 Å². The van der Waals surface area contributed by atoms with Crippen molar-refractivity contribution in [1.29, 1.82) is 0 Å². The summed E-state index contributed by atoms with van der Waals surface area (Å²) >= 11 is 0. The normalized spacial score (nSPS) is 29.9. The Hall–Kier alpha value is -1.32. The Kier molecular flexibility index (Phi) is 1.63. The van der Waals surface area contributed by atoms with Gasteiger partial charge >= 0.3 is 0 Å². The van der Waals surface area contributed by atoms with E-state index in [0.29, 0.717) is 5.82 Å². The molecule has 0 aromatic carbocycles. The summed E-state index contributed by atoms with van der Waals surface area (Å²) < 4.78 is 0. The smallest absolute Gasteiger partial charge is 0.147 e. The van der Waals surface area contributed by atoms with Gasteiger partial charge in [0.15, 0.2) is 0 Å². The van der Waals surface area contributed by atoms with Crippen LogP contribution in [0.3, 0.4) is 0 Å². The highest BCUT2D eigenvalue weighted by molar-refractivity contribution is 5.41. The maximum atomic E-state index is 5.50. The Morgan fingerprint density at radius 3 is 2.36 bits per heavy atom. The third-order valence-electron chi connectivity index (χ3n) is 3.47. The molecule has 2 heterocycles. The predicted octanol–water partition coefficient (Wildman–Crippen LogP) is 0.905. The van der Waals surface area contributed by atoms with Gasteiger partial charge < -0.3 is 10.6 Å². The maximum Gasteiger partial charge on any atom is 0.147 e. The minimum Gasteiger partial charge on any atom is -0.382 e. The van der Waals surface area contributed by atoms with Gasteiger partial charge in [0.2, 0.25) is 0 Å². The van der Waals surface area contributed by atoms with E-state index in [4.69, 9.17) is 5.73 Å². The lowest BCUT2D eigenvalue weighted by Gasteiger charge is -2.27. The van der Waals surface area contributed by atoms with Crippen LogP contribution in [0.1, 0.15) is 12.8 Å². The SMILES string of the molecule is Nc1cnc(N2CC3CCC3C2)cn1. The lowest BCUT2D eigenvalue weighted by Crippen LogP contribution is -2.22. The first kappa shape index (κ1) is 8.03. The number of rotatable bonds is 1. The summed E-state index contributed by atoms with van der Waals surface area (Å²) in [6.07, 6.45) is 6.20. The van der Waals surface area contributed by atoms with E-state index in [1.165, 1.54) is 12.8 Å². The molecule has 0 spiro atoms. The van der Waals surface area contributed by atoms with E-state index in [0.717, 1.165) is 30.7 Å². The number of hydrogen-bond acceptors (Lipinski definition) is 4. The molecule has 4 heteroatoms. The molecule has 0 amide bonds. The van der Waals surface area contributed by atoms with Crippen molar-refractivity contribution < 1.29 is 0 Å². The van der Waals surface area contributed by atoms with E-state index in [1.807, 2.05) is 0 Å². The average molecular weight is 190 g/mol.